The number of carbonyl (C=O) groups is 1. The normalized spacial score (nSPS) is 12.2. The van der Waals surface area contributed by atoms with E-state index in [1.54, 1.807) is 0 Å². The SMILES string of the molecule is CCC(N)(CC)C(=O)NCCCCN(C)C(C)C. The molecule has 0 bridgehead atoms. The summed E-state index contributed by atoms with van der Waals surface area (Å²) in [5.41, 5.74) is 5.34. The maximum atomic E-state index is 11.9. The van der Waals surface area contributed by atoms with Crippen LogP contribution in [0.15, 0.2) is 0 Å². The Bertz CT molecular complexity index is 237. The van der Waals surface area contributed by atoms with Crippen LogP contribution in [0.2, 0.25) is 0 Å². The highest BCUT2D eigenvalue weighted by atomic mass is 16.2. The monoisotopic (exact) mass is 257 g/mol. The highest BCUT2D eigenvalue weighted by Gasteiger charge is 2.29. The number of nitrogens with two attached hydrogens (primary N) is 1. The summed E-state index contributed by atoms with van der Waals surface area (Å²) in [5, 5.41) is 2.95. The largest absolute Gasteiger partial charge is 0.355 e. The van der Waals surface area contributed by atoms with Crippen molar-refractivity contribution in [2.75, 3.05) is 20.1 Å². The van der Waals surface area contributed by atoms with Gasteiger partial charge in [0, 0.05) is 12.6 Å². The Labute approximate surface area is 112 Å². The van der Waals surface area contributed by atoms with Crippen LogP contribution in [0, 0.1) is 0 Å². The van der Waals surface area contributed by atoms with E-state index < -0.39 is 5.54 Å². The summed E-state index contributed by atoms with van der Waals surface area (Å²) in [6.45, 7) is 10.1. The lowest BCUT2D eigenvalue weighted by Gasteiger charge is -2.25. The molecule has 4 heteroatoms. The zero-order chi connectivity index (χ0) is 14.2. The van der Waals surface area contributed by atoms with Gasteiger partial charge < -0.3 is 16.0 Å². The Kier molecular flexibility index (Phi) is 8.20. The van der Waals surface area contributed by atoms with Crippen molar-refractivity contribution in [3.05, 3.63) is 0 Å². The van der Waals surface area contributed by atoms with E-state index >= 15 is 0 Å². The number of rotatable bonds is 9. The van der Waals surface area contributed by atoms with E-state index in [0.717, 1.165) is 25.9 Å². The molecule has 0 aliphatic heterocycles. The van der Waals surface area contributed by atoms with Crippen LogP contribution in [0.4, 0.5) is 0 Å². The third-order valence-corrected chi connectivity index (χ3v) is 3.82. The number of nitrogens with zero attached hydrogens (tertiary/aromatic N) is 1. The summed E-state index contributed by atoms with van der Waals surface area (Å²) in [4.78, 5) is 14.2. The van der Waals surface area contributed by atoms with Gasteiger partial charge in [0.25, 0.3) is 0 Å². The molecule has 0 saturated carbocycles. The van der Waals surface area contributed by atoms with Gasteiger partial charge in [-0.1, -0.05) is 13.8 Å². The highest BCUT2D eigenvalue weighted by molar-refractivity contribution is 5.85. The smallest absolute Gasteiger partial charge is 0.240 e. The molecule has 0 aliphatic rings. The predicted octanol–water partition coefficient (Wildman–Crippen LogP) is 1.74. The molecule has 18 heavy (non-hydrogen) atoms. The lowest BCUT2D eigenvalue weighted by molar-refractivity contribution is -0.126. The maximum Gasteiger partial charge on any atom is 0.240 e. The highest BCUT2D eigenvalue weighted by Crippen LogP contribution is 2.10. The Hall–Kier alpha value is -0.610. The fourth-order valence-corrected chi connectivity index (χ4v) is 1.69. The number of nitrogens with one attached hydrogen (secondary N) is 1. The molecular weight excluding hydrogens is 226 g/mol. The first-order valence-electron chi connectivity index (χ1n) is 7.14. The van der Waals surface area contributed by atoms with Crippen LogP contribution >= 0.6 is 0 Å². The molecule has 0 aromatic rings. The molecule has 0 rings (SSSR count). The van der Waals surface area contributed by atoms with E-state index in [9.17, 15) is 4.79 Å². The van der Waals surface area contributed by atoms with Gasteiger partial charge in [-0.2, -0.15) is 0 Å². The van der Waals surface area contributed by atoms with Crippen molar-refractivity contribution in [1.82, 2.24) is 10.2 Å². The van der Waals surface area contributed by atoms with E-state index in [1.807, 2.05) is 13.8 Å². The lowest BCUT2D eigenvalue weighted by Crippen LogP contribution is -2.53. The topological polar surface area (TPSA) is 58.4 Å². The minimum absolute atomic E-state index is 0.00952. The van der Waals surface area contributed by atoms with E-state index in [2.05, 4.69) is 31.1 Å². The number of hydrogen-bond acceptors (Lipinski definition) is 3. The average Bonchev–Trinajstić information content (AvgIpc) is 2.36. The van der Waals surface area contributed by atoms with Crippen LogP contribution in [0.25, 0.3) is 0 Å². The van der Waals surface area contributed by atoms with Crippen molar-refractivity contribution in [3.8, 4) is 0 Å². The second-order valence-corrected chi connectivity index (χ2v) is 5.40. The number of carbonyl (C=O) groups excluding carboxylic acids is 1. The molecule has 0 heterocycles. The van der Waals surface area contributed by atoms with E-state index in [1.165, 1.54) is 0 Å². The minimum Gasteiger partial charge on any atom is -0.355 e. The van der Waals surface area contributed by atoms with Gasteiger partial charge in [-0.05, 0) is 53.1 Å². The third-order valence-electron chi connectivity index (χ3n) is 3.82. The van der Waals surface area contributed by atoms with Crippen LogP contribution in [0.3, 0.4) is 0 Å². The quantitative estimate of drug-likeness (QED) is 0.619. The molecule has 0 unspecified atom stereocenters. The molecule has 0 atom stereocenters. The lowest BCUT2D eigenvalue weighted by atomic mass is 9.93. The first-order valence-corrected chi connectivity index (χ1v) is 7.14. The number of unbranched alkanes of at least 4 members (excludes halogenated alkanes) is 1. The molecule has 4 nitrogen and oxygen atoms in total. The Balaban J connectivity index is 3.76. The second kappa shape index (κ2) is 8.48. The molecule has 0 spiro atoms. The summed E-state index contributed by atoms with van der Waals surface area (Å²) >= 11 is 0. The van der Waals surface area contributed by atoms with Crippen LogP contribution in [-0.2, 0) is 4.79 Å². The van der Waals surface area contributed by atoms with Crippen molar-refractivity contribution in [2.45, 2.75) is 65.0 Å². The van der Waals surface area contributed by atoms with Crippen molar-refractivity contribution < 1.29 is 4.79 Å². The molecule has 3 N–H and O–H groups in total. The summed E-state index contributed by atoms with van der Waals surface area (Å²) in [7, 11) is 2.13. The summed E-state index contributed by atoms with van der Waals surface area (Å²) in [6, 6.07) is 0.580. The van der Waals surface area contributed by atoms with Crippen LogP contribution in [0.5, 0.6) is 0 Å². The number of amides is 1. The second-order valence-electron chi connectivity index (χ2n) is 5.40. The molecule has 0 aromatic carbocycles. The van der Waals surface area contributed by atoms with Gasteiger partial charge in [-0.25, -0.2) is 0 Å². The standard InChI is InChI=1S/C14H31N3O/c1-6-14(15,7-2)13(18)16-10-8-9-11-17(5)12(3)4/h12H,6-11,15H2,1-5H3,(H,16,18). The minimum atomic E-state index is -0.686. The fraction of sp³-hybridized carbons (Fsp3) is 0.929. The molecule has 0 saturated heterocycles. The average molecular weight is 257 g/mol. The van der Waals surface area contributed by atoms with Crippen LogP contribution in [0.1, 0.15) is 53.4 Å². The predicted molar refractivity (Wildman–Crippen MR) is 77.5 cm³/mol. The maximum absolute atomic E-state index is 11.9. The van der Waals surface area contributed by atoms with Crippen molar-refractivity contribution in [1.29, 1.82) is 0 Å². The number of hydrogen-bond donors (Lipinski definition) is 2. The molecule has 0 fully saturated rings. The van der Waals surface area contributed by atoms with Gasteiger partial charge in [-0.15, -0.1) is 0 Å². The Morgan fingerprint density at radius 1 is 1.28 bits per heavy atom. The third kappa shape index (κ3) is 5.83. The van der Waals surface area contributed by atoms with E-state index in [4.69, 9.17) is 5.73 Å². The summed E-state index contributed by atoms with van der Waals surface area (Å²) in [6.07, 6.45) is 3.48. The van der Waals surface area contributed by atoms with Crippen molar-refractivity contribution in [2.24, 2.45) is 5.73 Å². The van der Waals surface area contributed by atoms with E-state index in [0.29, 0.717) is 18.9 Å². The van der Waals surface area contributed by atoms with Gasteiger partial charge >= 0.3 is 0 Å². The summed E-state index contributed by atoms with van der Waals surface area (Å²) < 4.78 is 0. The molecule has 108 valence electrons. The Morgan fingerprint density at radius 3 is 2.28 bits per heavy atom. The summed E-state index contributed by atoms with van der Waals surface area (Å²) in [5.74, 6) is -0.00952. The van der Waals surface area contributed by atoms with Gasteiger partial charge in [0.15, 0.2) is 0 Å². The zero-order valence-corrected chi connectivity index (χ0v) is 12.8. The van der Waals surface area contributed by atoms with Gasteiger partial charge in [-0.3, -0.25) is 4.79 Å². The molecule has 0 radical (unpaired) electrons. The molecule has 0 aromatic heterocycles. The van der Waals surface area contributed by atoms with Crippen LogP contribution in [-0.4, -0.2) is 42.5 Å². The zero-order valence-electron chi connectivity index (χ0n) is 12.8. The van der Waals surface area contributed by atoms with E-state index in [-0.39, 0.29) is 5.91 Å². The van der Waals surface area contributed by atoms with Gasteiger partial charge in [0.05, 0.1) is 5.54 Å². The fourth-order valence-electron chi connectivity index (χ4n) is 1.69. The first-order chi connectivity index (χ1) is 8.37. The molecule has 1 amide bonds. The first kappa shape index (κ1) is 17.4. The van der Waals surface area contributed by atoms with Crippen LogP contribution < -0.4 is 11.1 Å². The van der Waals surface area contributed by atoms with Gasteiger partial charge in [0.1, 0.15) is 0 Å². The van der Waals surface area contributed by atoms with Crippen molar-refractivity contribution in [3.63, 3.8) is 0 Å². The van der Waals surface area contributed by atoms with Crippen molar-refractivity contribution >= 4 is 5.91 Å². The van der Waals surface area contributed by atoms with Gasteiger partial charge in [0.2, 0.25) is 5.91 Å². The molecular formula is C14H31N3O. The molecule has 0 aliphatic carbocycles. The Morgan fingerprint density at radius 2 is 1.83 bits per heavy atom.